The molecule has 1 fully saturated rings. The standard InChI is InChI=1S/C12H15BrN4O/c1-8-6-16(4-2-9(8)18)12-11-14-3-5-17(11)7-10(13)15-12/h3,5,7-9,18H,2,4,6H2,1H3. The first kappa shape index (κ1) is 11.9. The van der Waals surface area contributed by atoms with E-state index in [1.165, 1.54) is 0 Å². The Morgan fingerprint density at radius 3 is 3.11 bits per heavy atom. The Kier molecular flexibility index (Phi) is 2.99. The molecule has 2 unspecified atom stereocenters. The number of hydrogen-bond acceptors (Lipinski definition) is 4. The SMILES string of the molecule is CC1CN(c2nc(Br)cn3ccnc23)CCC1O. The average molecular weight is 311 g/mol. The quantitative estimate of drug-likeness (QED) is 0.871. The van der Waals surface area contributed by atoms with E-state index in [9.17, 15) is 5.11 Å². The summed E-state index contributed by atoms with van der Waals surface area (Å²) in [5.74, 6) is 1.14. The first-order valence-corrected chi connectivity index (χ1v) is 6.86. The van der Waals surface area contributed by atoms with E-state index < -0.39 is 0 Å². The minimum Gasteiger partial charge on any atom is -0.393 e. The first-order chi connectivity index (χ1) is 8.65. The van der Waals surface area contributed by atoms with Crippen LogP contribution in [0.4, 0.5) is 5.82 Å². The van der Waals surface area contributed by atoms with Gasteiger partial charge in [-0.3, -0.25) is 0 Å². The van der Waals surface area contributed by atoms with Gasteiger partial charge in [0.2, 0.25) is 0 Å². The third-order valence-corrected chi connectivity index (χ3v) is 3.87. The Morgan fingerprint density at radius 1 is 1.50 bits per heavy atom. The second-order valence-electron chi connectivity index (χ2n) is 4.82. The molecule has 1 N–H and O–H groups in total. The normalized spacial score (nSPS) is 24.7. The van der Waals surface area contributed by atoms with Gasteiger partial charge in [0.15, 0.2) is 11.5 Å². The fourth-order valence-corrected chi connectivity index (χ4v) is 2.81. The molecule has 0 bridgehead atoms. The molecule has 1 saturated heterocycles. The highest BCUT2D eigenvalue weighted by molar-refractivity contribution is 9.10. The van der Waals surface area contributed by atoms with Gasteiger partial charge in [0.05, 0.1) is 6.10 Å². The molecule has 0 amide bonds. The van der Waals surface area contributed by atoms with Gasteiger partial charge in [-0.25, -0.2) is 9.97 Å². The van der Waals surface area contributed by atoms with Gasteiger partial charge in [-0.1, -0.05) is 6.92 Å². The summed E-state index contributed by atoms with van der Waals surface area (Å²) in [4.78, 5) is 11.1. The van der Waals surface area contributed by atoms with Crippen molar-refractivity contribution < 1.29 is 5.11 Å². The second kappa shape index (κ2) is 4.51. The number of piperidine rings is 1. The number of anilines is 1. The van der Waals surface area contributed by atoms with Crippen LogP contribution in [0.3, 0.4) is 0 Å². The molecule has 2 atom stereocenters. The Hall–Kier alpha value is -1.14. The molecule has 0 spiro atoms. The van der Waals surface area contributed by atoms with E-state index in [0.29, 0.717) is 0 Å². The molecule has 0 aliphatic carbocycles. The van der Waals surface area contributed by atoms with Crippen LogP contribution in [0.1, 0.15) is 13.3 Å². The predicted octanol–water partition coefficient (Wildman–Crippen LogP) is 1.70. The molecule has 0 saturated carbocycles. The molecule has 5 nitrogen and oxygen atoms in total. The summed E-state index contributed by atoms with van der Waals surface area (Å²) in [5, 5.41) is 9.79. The topological polar surface area (TPSA) is 53.7 Å². The summed E-state index contributed by atoms with van der Waals surface area (Å²) in [6, 6.07) is 0. The highest BCUT2D eigenvalue weighted by Crippen LogP contribution is 2.26. The molecule has 1 aliphatic heterocycles. The van der Waals surface area contributed by atoms with Gasteiger partial charge in [-0.05, 0) is 28.3 Å². The van der Waals surface area contributed by atoms with Crippen LogP contribution in [0.15, 0.2) is 23.2 Å². The van der Waals surface area contributed by atoms with Crippen LogP contribution >= 0.6 is 15.9 Å². The molecule has 2 aromatic rings. The zero-order valence-electron chi connectivity index (χ0n) is 10.1. The van der Waals surface area contributed by atoms with Gasteiger partial charge >= 0.3 is 0 Å². The zero-order chi connectivity index (χ0) is 12.7. The van der Waals surface area contributed by atoms with Gasteiger partial charge in [0.25, 0.3) is 0 Å². The number of nitrogens with zero attached hydrogens (tertiary/aromatic N) is 4. The van der Waals surface area contributed by atoms with Gasteiger partial charge in [0, 0.05) is 31.7 Å². The van der Waals surface area contributed by atoms with Crippen LogP contribution in [-0.2, 0) is 0 Å². The maximum Gasteiger partial charge on any atom is 0.180 e. The largest absolute Gasteiger partial charge is 0.393 e. The van der Waals surface area contributed by atoms with Crippen LogP contribution in [0, 0.1) is 5.92 Å². The van der Waals surface area contributed by atoms with Crippen molar-refractivity contribution in [2.75, 3.05) is 18.0 Å². The van der Waals surface area contributed by atoms with E-state index in [1.54, 1.807) is 6.20 Å². The predicted molar refractivity (Wildman–Crippen MR) is 72.7 cm³/mol. The van der Waals surface area contributed by atoms with Crippen molar-refractivity contribution in [3.05, 3.63) is 23.2 Å². The number of aromatic nitrogens is 3. The fraction of sp³-hybridized carbons (Fsp3) is 0.500. The van der Waals surface area contributed by atoms with Gasteiger partial charge in [-0.2, -0.15) is 0 Å². The molecular formula is C12H15BrN4O. The Labute approximate surface area is 114 Å². The lowest BCUT2D eigenvalue weighted by molar-refractivity contribution is 0.0969. The Balaban J connectivity index is 2.01. The van der Waals surface area contributed by atoms with Crippen molar-refractivity contribution in [1.29, 1.82) is 0 Å². The maximum absolute atomic E-state index is 9.79. The number of aliphatic hydroxyl groups is 1. The molecule has 2 aromatic heterocycles. The van der Waals surface area contributed by atoms with Crippen LogP contribution in [0.2, 0.25) is 0 Å². The van der Waals surface area contributed by atoms with Crippen molar-refractivity contribution in [2.24, 2.45) is 5.92 Å². The van der Waals surface area contributed by atoms with Crippen LogP contribution < -0.4 is 4.90 Å². The summed E-state index contributed by atoms with van der Waals surface area (Å²) in [6.45, 7) is 3.70. The van der Waals surface area contributed by atoms with Crippen molar-refractivity contribution in [1.82, 2.24) is 14.4 Å². The average Bonchev–Trinajstić information content (AvgIpc) is 2.79. The minimum atomic E-state index is -0.204. The smallest absolute Gasteiger partial charge is 0.180 e. The molecule has 96 valence electrons. The lowest BCUT2D eigenvalue weighted by Gasteiger charge is -2.35. The highest BCUT2D eigenvalue weighted by Gasteiger charge is 2.26. The highest BCUT2D eigenvalue weighted by atomic mass is 79.9. The molecule has 1 aliphatic rings. The molecule has 3 heterocycles. The van der Waals surface area contributed by atoms with Crippen molar-refractivity contribution in [3.8, 4) is 0 Å². The van der Waals surface area contributed by atoms with Crippen LogP contribution in [-0.4, -0.2) is 38.7 Å². The summed E-state index contributed by atoms with van der Waals surface area (Å²) in [7, 11) is 0. The van der Waals surface area contributed by atoms with E-state index in [-0.39, 0.29) is 12.0 Å². The molecule has 3 rings (SSSR count). The lowest BCUT2D eigenvalue weighted by Crippen LogP contribution is -2.42. The van der Waals surface area contributed by atoms with E-state index in [4.69, 9.17) is 0 Å². The fourth-order valence-electron chi connectivity index (χ4n) is 2.42. The zero-order valence-corrected chi connectivity index (χ0v) is 11.7. The van der Waals surface area contributed by atoms with E-state index in [1.807, 2.05) is 16.8 Å². The number of rotatable bonds is 1. The van der Waals surface area contributed by atoms with Gasteiger partial charge in [-0.15, -0.1) is 0 Å². The number of halogens is 1. The van der Waals surface area contributed by atoms with Crippen molar-refractivity contribution in [2.45, 2.75) is 19.4 Å². The van der Waals surface area contributed by atoms with E-state index >= 15 is 0 Å². The van der Waals surface area contributed by atoms with Crippen LogP contribution in [0.5, 0.6) is 0 Å². The molecular weight excluding hydrogens is 296 g/mol. The number of fused-ring (bicyclic) bond motifs is 1. The van der Waals surface area contributed by atoms with Crippen molar-refractivity contribution >= 4 is 27.4 Å². The number of imidazole rings is 1. The summed E-state index contributed by atoms with van der Waals surface area (Å²) in [6.07, 6.45) is 6.16. The summed E-state index contributed by atoms with van der Waals surface area (Å²) in [5.41, 5.74) is 0.863. The van der Waals surface area contributed by atoms with Crippen molar-refractivity contribution in [3.63, 3.8) is 0 Å². The number of aliphatic hydroxyl groups excluding tert-OH is 1. The lowest BCUT2D eigenvalue weighted by atomic mass is 9.97. The Bertz CT molecular complexity index is 570. The maximum atomic E-state index is 9.79. The van der Waals surface area contributed by atoms with E-state index in [0.717, 1.165) is 35.6 Å². The third kappa shape index (κ3) is 1.99. The summed E-state index contributed by atoms with van der Waals surface area (Å²) < 4.78 is 2.75. The summed E-state index contributed by atoms with van der Waals surface area (Å²) >= 11 is 3.43. The third-order valence-electron chi connectivity index (χ3n) is 3.49. The molecule has 0 aromatic carbocycles. The van der Waals surface area contributed by atoms with Gasteiger partial charge < -0.3 is 14.4 Å². The molecule has 6 heteroatoms. The van der Waals surface area contributed by atoms with Crippen LogP contribution in [0.25, 0.3) is 5.65 Å². The second-order valence-corrected chi connectivity index (χ2v) is 5.64. The first-order valence-electron chi connectivity index (χ1n) is 6.07. The minimum absolute atomic E-state index is 0.204. The van der Waals surface area contributed by atoms with E-state index in [2.05, 4.69) is 37.7 Å². The number of hydrogen-bond donors (Lipinski definition) is 1. The molecule has 0 radical (unpaired) electrons. The molecule has 18 heavy (non-hydrogen) atoms. The van der Waals surface area contributed by atoms with Gasteiger partial charge in [0.1, 0.15) is 4.60 Å². The monoisotopic (exact) mass is 310 g/mol. The Morgan fingerprint density at radius 2 is 2.33 bits per heavy atom.